The minimum atomic E-state index is 1.10. The van der Waals surface area contributed by atoms with Crippen molar-refractivity contribution in [1.82, 2.24) is 0 Å². The smallest absolute Gasteiger partial charge is 0.0149 e. The summed E-state index contributed by atoms with van der Waals surface area (Å²) >= 11 is 0. The molecule has 0 N–H and O–H groups in total. The van der Waals surface area contributed by atoms with E-state index in [2.05, 4.69) is 62.5 Å². The zero-order chi connectivity index (χ0) is 17.7. The molecule has 0 aliphatic rings. The molecule has 0 amide bonds. The van der Waals surface area contributed by atoms with E-state index in [1.165, 1.54) is 22.3 Å². The lowest BCUT2D eigenvalue weighted by atomic mass is 9.95. The maximum atomic E-state index is 3.88. The summed E-state index contributed by atoms with van der Waals surface area (Å²) in [5.41, 5.74) is 6.00. The van der Waals surface area contributed by atoms with Crippen molar-refractivity contribution >= 4 is 5.57 Å². The van der Waals surface area contributed by atoms with Gasteiger partial charge in [-0.15, -0.1) is 0 Å². The van der Waals surface area contributed by atoms with Gasteiger partial charge in [0.2, 0.25) is 0 Å². The van der Waals surface area contributed by atoms with Crippen molar-refractivity contribution in [1.29, 1.82) is 0 Å². The fourth-order valence-electron chi connectivity index (χ4n) is 2.14. The largest absolute Gasteiger partial charge is 0.0990 e. The quantitative estimate of drug-likeness (QED) is 0.514. The Hall–Kier alpha value is -2.34. The molecule has 0 aliphatic carbocycles. The van der Waals surface area contributed by atoms with Gasteiger partial charge >= 0.3 is 0 Å². The number of hydrogen-bond acceptors (Lipinski definition) is 0. The highest BCUT2D eigenvalue weighted by atomic mass is 14.1. The molecule has 0 radical (unpaired) electrons. The van der Waals surface area contributed by atoms with Gasteiger partial charge in [-0.3, -0.25) is 0 Å². The summed E-state index contributed by atoms with van der Waals surface area (Å²) in [4.78, 5) is 0. The summed E-state index contributed by atoms with van der Waals surface area (Å²) in [7, 11) is 0. The van der Waals surface area contributed by atoms with Gasteiger partial charge in [-0.2, -0.15) is 0 Å². The summed E-state index contributed by atoms with van der Waals surface area (Å²) in [6.45, 7) is 17.8. The van der Waals surface area contributed by atoms with Crippen LogP contribution < -0.4 is 0 Å². The van der Waals surface area contributed by atoms with Crippen molar-refractivity contribution in [2.24, 2.45) is 0 Å². The summed E-state index contributed by atoms with van der Waals surface area (Å²) in [6, 6.07) is 16.9. The Labute approximate surface area is 142 Å². The molecule has 0 heterocycles. The van der Waals surface area contributed by atoms with Crippen LogP contribution in [-0.2, 0) is 0 Å². The monoisotopic (exact) mass is 306 g/mol. The third kappa shape index (κ3) is 6.12. The number of rotatable bonds is 4. The van der Waals surface area contributed by atoms with Crippen molar-refractivity contribution in [3.63, 3.8) is 0 Å². The van der Waals surface area contributed by atoms with E-state index in [9.17, 15) is 0 Å². The molecule has 0 heteroatoms. The normalized spacial score (nSPS) is 9.70. The fraction of sp³-hybridized carbons (Fsp3) is 0.217. The van der Waals surface area contributed by atoms with Crippen molar-refractivity contribution in [2.75, 3.05) is 0 Å². The number of aryl methyl sites for hydroxylation is 1. The molecule has 0 aromatic heterocycles. The van der Waals surface area contributed by atoms with Crippen molar-refractivity contribution in [3.05, 3.63) is 91.0 Å². The van der Waals surface area contributed by atoms with Crippen LogP contribution >= 0.6 is 0 Å². The van der Waals surface area contributed by atoms with E-state index >= 15 is 0 Å². The van der Waals surface area contributed by atoms with Crippen LogP contribution in [0.5, 0.6) is 0 Å². The van der Waals surface area contributed by atoms with E-state index in [4.69, 9.17) is 0 Å². The maximum Gasteiger partial charge on any atom is -0.0149 e. The van der Waals surface area contributed by atoms with Crippen LogP contribution in [0.1, 0.15) is 38.8 Å². The molecule has 0 atom stereocenters. The molecule has 23 heavy (non-hydrogen) atoms. The van der Waals surface area contributed by atoms with Crippen LogP contribution in [0.2, 0.25) is 0 Å². The van der Waals surface area contributed by atoms with Crippen molar-refractivity contribution in [3.8, 4) is 11.1 Å². The molecule has 2 rings (SSSR count). The van der Waals surface area contributed by atoms with Gasteiger partial charge in [0.15, 0.2) is 0 Å². The average molecular weight is 306 g/mol. The Morgan fingerprint density at radius 2 is 1.43 bits per heavy atom. The lowest BCUT2D eigenvalue weighted by molar-refractivity contribution is 1.42. The Bertz CT molecular complexity index is 616. The lowest BCUT2D eigenvalue weighted by Crippen LogP contribution is -1.88. The van der Waals surface area contributed by atoms with Gasteiger partial charge in [0.05, 0.1) is 0 Å². The average Bonchev–Trinajstić information content (AvgIpc) is 2.64. The molecule has 0 nitrogen and oxygen atoms in total. The Balaban J connectivity index is 0.00000112. The Morgan fingerprint density at radius 3 is 1.96 bits per heavy atom. The van der Waals surface area contributed by atoms with E-state index in [0.717, 1.165) is 5.57 Å². The zero-order valence-corrected chi connectivity index (χ0v) is 15.3. The second-order valence-electron chi connectivity index (χ2n) is 4.46. The molecule has 0 fully saturated rings. The van der Waals surface area contributed by atoms with E-state index in [1.807, 2.05) is 45.9 Å². The third-order valence-corrected chi connectivity index (χ3v) is 3.17. The fourth-order valence-corrected chi connectivity index (χ4v) is 2.14. The van der Waals surface area contributed by atoms with E-state index in [-0.39, 0.29) is 0 Å². The second-order valence-corrected chi connectivity index (χ2v) is 4.46. The first-order valence-electron chi connectivity index (χ1n) is 8.38. The highest BCUT2D eigenvalue weighted by Crippen LogP contribution is 2.27. The van der Waals surface area contributed by atoms with Crippen LogP contribution in [0.4, 0.5) is 0 Å². The third-order valence-electron chi connectivity index (χ3n) is 3.17. The van der Waals surface area contributed by atoms with Gasteiger partial charge in [-0.25, -0.2) is 0 Å². The highest BCUT2D eigenvalue weighted by Gasteiger charge is 2.04. The van der Waals surface area contributed by atoms with Crippen LogP contribution in [0.3, 0.4) is 0 Å². The van der Waals surface area contributed by atoms with Crippen LogP contribution in [0, 0.1) is 6.92 Å². The van der Waals surface area contributed by atoms with Crippen LogP contribution in [0.25, 0.3) is 16.7 Å². The van der Waals surface area contributed by atoms with Gasteiger partial charge in [-0.1, -0.05) is 102 Å². The Morgan fingerprint density at radius 1 is 0.826 bits per heavy atom. The molecule has 0 spiro atoms. The summed E-state index contributed by atoms with van der Waals surface area (Å²) in [6.07, 6.45) is 5.66. The topological polar surface area (TPSA) is 0 Å². The highest BCUT2D eigenvalue weighted by molar-refractivity contribution is 5.80. The SMILES string of the molecule is C=C/C=C(\C=C)c1cc(-c2ccccc2)ccc1C.CC.CC. The molecule has 2 aromatic carbocycles. The maximum absolute atomic E-state index is 3.88. The summed E-state index contributed by atoms with van der Waals surface area (Å²) < 4.78 is 0. The number of hydrogen-bond donors (Lipinski definition) is 0. The van der Waals surface area contributed by atoms with E-state index in [0.29, 0.717) is 0 Å². The Kier molecular flexibility index (Phi) is 11.0. The van der Waals surface area contributed by atoms with Crippen molar-refractivity contribution < 1.29 is 0 Å². The molecule has 122 valence electrons. The minimum absolute atomic E-state index is 1.10. The molecular weight excluding hydrogens is 276 g/mol. The number of allylic oxidation sites excluding steroid dienone is 4. The van der Waals surface area contributed by atoms with Crippen molar-refractivity contribution in [2.45, 2.75) is 34.6 Å². The van der Waals surface area contributed by atoms with Gasteiger partial charge in [0.25, 0.3) is 0 Å². The summed E-state index contributed by atoms with van der Waals surface area (Å²) in [5, 5.41) is 0. The van der Waals surface area contributed by atoms with E-state index in [1.54, 1.807) is 6.08 Å². The van der Waals surface area contributed by atoms with Gasteiger partial charge in [-0.05, 0) is 40.8 Å². The standard InChI is InChI=1S/C19H18.2C2H6/c1-4-9-16(5-2)19-14-18(13-12-15(19)3)17-10-7-6-8-11-17;2*1-2/h4-14H,1-2H2,3H3;2*1-2H3/b16-9+;;. The zero-order valence-electron chi connectivity index (χ0n) is 15.3. The first-order valence-corrected chi connectivity index (χ1v) is 8.38. The molecule has 0 aliphatic heterocycles. The van der Waals surface area contributed by atoms with Crippen LogP contribution in [-0.4, -0.2) is 0 Å². The number of benzene rings is 2. The minimum Gasteiger partial charge on any atom is -0.0990 e. The predicted molar refractivity (Wildman–Crippen MR) is 108 cm³/mol. The van der Waals surface area contributed by atoms with Gasteiger partial charge in [0, 0.05) is 0 Å². The molecule has 0 saturated carbocycles. The first-order chi connectivity index (χ1) is 11.3. The molecule has 0 bridgehead atoms. The van der Waals surface area contributed by atoms with Gasteiger partial charge < -0.3 is 0 Å². The van der Waals surface area contributed by atoms with Crippen LogP contribution in [0.15, 0.2) is 79.9 Å². The van der Waals surface area contributed by atoms with E-state index < -0.39 is 0 Å². The molecule has 2 aromatic rings. The van der Waals surface area contributed by atoms with Gasteiger partial charge in [0.1, 0.15) is 0 Å². The molecular formula is C23H30. The first kappa shape index (κ1) is 20.7. The molecule has 0 saturated heterocycles. The lowest BCUT2D eigenvalue weighted by Gasteiger charge is -2.10. The second kappa shape index (κ2) is 12.2. The molecule has 0 unspecified atom stereocenters. The summed E-state index contributed by atoms with van der Waals surface area (Å²) in [5.74, 6) is 0. The predicted octanol–water partition coefficient (Wildman–Crippen LogP) is 7.47.